The first-order valence-corrected chi connectivity index (χ1v) is 12.4. The Morgan fingerprint density at radius 3 is 2.50 bits per heavy atom. The second-order valence-electron chi connectivity index (χ2n) is 10.9. The molecule has 5 nitrogen and oxygen atoms in total. The molecule has 2 saturated heterocycles. The third-order valence-corrected chi connectivity index (χ3v) is 7.04. The predicted molar refractivity (Wildman–Crippen MR) is 130 cm³/mol. The standard InChI is InChI=1S/C24H44N4OS/c1-23(2)17-21(18-24(3,4)26-23)25-22(30)28(19-20-9-6-5-7-10-20)12-8-11-27-13-15-29-16-14-27/h5-6,20-21,26H,7-19H2,1-4H3,(H,25,30). The monoisotopic (exact) mass is 436 g/mol. The fourth-order valence-corrected chi connectivity index (χ4v) is 5.94. The van der Waals surface area contributed by atoms with Crippen molar-refractivity contribution in [1.29, 1.82) is 0 Å². The molecule has 0 bridgehead atoms. The Morgan fingerprint density at radius 1 is 1.17 bits per heavy atom. The summed E-state index contributed by atoms with van der Waals surface area (Å²) in [4.78, 5) is 5.00. The summed E-state index contributed by atoms with van der Waals surface area (Å²) >= 11 is 5.99. The second kappa shape index (κ2) is 10.8. The number of nitrogens with one attached hydrogen (secondary N) is 2. The lowest BCUT2D eigenvalue weighted by Crippen LogP contribution is -2.63. The molecular formula is C24H44N4OS. The van der Waals surface area contributed by atoms with Gasteiger partial charge in [0.1, 0.15) is 0 Å². The van der Waals surface area contributed by atoms with Crippen molar-refractivity contribution in [3.05, 3.63) is 12.2 Å². The number of hydrogen-bond acceptors (Lipinski definition) is 4. The van der Waals surface area contributed by atoms with Crippen LogP contribution < -0.4 is 10.6 Å². The maximum absolute atomic E-state index is 5.99. The lowest BCUT2D eigenvalue weighted by molar-refractivity contribution is 0.0366. The van der Waals surface area contributed by atoms with Crippen molar-refractivity contribution in [2.24, 2.45) is 5.92 Å². The number of thiocarbonyl (C=S) groups is 1. The Kier molecular flexibility index (Phi) is 8.59. The van der Waals surface area contributed by atoms with Gasteiger partial charge in [-0.3, -0.25) is 4.90 Å². The molecule has 0 aromatic heterocycles. The summed E-state index contributed by atoms with van der Waals surface area (Å²) in [5.41, 5.74) is 0.259. The van der Waals surface area contributed by atoms with Gasteiger partial charge in [-0.1, -0.05) is 12.2 Å². The minimum atomic E-state index is 0.129. The first-order chi connectivity index (χ1) is 14.2. The van der Waals surface area contributed by atoms with Gasteiger partial charge in [0.15, 0.2) is 5.11 Å². The molecule has 0 aromatic rings. The van der Waals surface area contributed by atoms with Crippen LogP contribution in [-0.4, -0.2) is 78.0 Å². The van der Waals surface area contributed by atoms with Gasteiger partial charge >= 0.3 is 0 Å². The molecule has 1 unspecified atom stereocenters. The fourth-order valence-electron chi connectivity index (χ4n) is 5.61. The molecule has 2 fully saturated rings. The molecule has 0 spiro atoms. The Bertz CT molecular complexity index is 570. The van der Waals surface area contributed by atoms with Gasteiger partial charge in [0.2, 0.25) is 0 Å². The van der Waals surface area contributed by atoms with E-state index in [0.29, 0.717) is 6.04 Å². The topological polar surface area (TPSA) is 39.8 Å². The number of allylic oxidation sites excluding steroid dienone is 2. The van der Waals surface area contributed by atoms with Crippen molar-refractivity contribution in [1.82, 2.24) is 20.4 Å². The Labute approximate surface area is 190 Å². The maximum atomic E-state index is 5.99. The lowest BCUT2D eigenvalue weighted by atomic mass is 9.80. The molecule has 3 rings (SSSR count). The van der Waals surface area contributed by atoms with E-state index in [1.54, 1.807) is 0 Å². The highest BCUT2D eigenvalue weighted by molar-refractivity contribution is 7.80. The molecule has 2 aliphatic heterocycles. The second-order valence-corrected chi connectivity index (χ2v) is 11.2. The molecule has 172 valence electrons. The van der Waals surface area contributed by atoms with Crippen LogP contribution in [0, 0.1) is 5.92 Å². The molecule has 1 aliphatic carbocycles. The van der Waals surface area contributed by atoms with Crippen LogP contribution in [-0.2, 0) is 4.74 Å². The van der Waals surface area contributed by atoms with Crippen LogP contribution in [0.2, 0.25) is 0 Å². The van der Waals surface area contributed by atoms with Crippen molar-refractivity contribution in [3.63, 3.8) is 0 Å². The molecule has 0 saturated carbocycles. The predicted octanol–water partition coefficient (Wildman–Crippen LogP) is 3.55. The molecule has 0 radical (unpaired) electrons. The molecule has 1 atom stereocenters. The van der Waals surface area contributed by atoms with Crippen LogP contribution in [0.5, 0.6) is 0 Å². The van der Waals surface area contributed by atoms with E-state index in [1.165, 1.54) is 19.3 Å². The first-order valence-electron chi connectivity index (χ1n) is 12.0. The average molecular weight is 437 g/mol. The van der Waals surface area contributed by atoms with Crippen LogP contribution in [0.25, 0.3) is 0 Å². The van der Waals surface area contributed by atoms with Crippen LogP contribution in [0.4, 0.5) is 0 Å². The third-order valence-electron chi connectivity index (χ3n) is 6.67. The van der Waals surface area contributed by atoms with E-state index < -0.39 is 0 Å². The van der Waals surface area contributed by atoms with Gasteiger partial charge in [0.05, 0.1) is 13.2 Å². The molecule has 0 aromatic carbocycles. The number of rotatable bonds is 7. The highest BCUT2D eigenvalue weighted by Gasteiger charge is 2.38. The minimum absolute atomic E-state index is 0.129. The first kappa shape index (κ1) is 24.0. The van der Waals surface area contributed by atoms with Gasteiger partial charge in [0, 0.05) is 49.8 Å². The molecular weight excluding hydrogens is 392 g/mol. The zero-order valence-electron chi connectivity index (χ0n) is 19.7. The van der Waals surface area contributed by atoms with Crippen LogP contribution in [0.15, 0.2) is 12.2 Å². The largest absolute Gasteiger partial charge is 0.379 e. The summed E-state index contributed by atoms with van der Waals surface area (Å²) in [6.07, 6.45) is 11.7. The number of morpholine rings is 1. The molecule has 30 heavy (non-hydrogen) atoms. The minimum Gasteiger partial charge on any atom is -0.379 e. The van der Waals surface area contributed by atoms with Gasteiger partial charge < -0.3 is 20.3 Å². The van der Waals surface area contributed by atoms with Gasteiger partial charge in [-0.25, -0.2) is 0 Å². The van der Waals surface area contributed by atoms with E-state index in [9.17, 15) is 0 Å². The maximum Gasteiger partial charge on any atom is 0.169 e. The van der Waals surface area contributed by atoms with Crippen molar-refractivity contribution >= 4 is 17.3 Å². The zero-order chi connectivity index (χ0) is 21.6. The van der Waals surface area contributed by atoms with E-state index in [1.807, 2.05) is 0 Å². The van der Waals surface area contributed by atoms with E-state index in [0.717, 1.165) is 76.2 Å². The smallest absolute Gasteiger partial charge is 0.169 e. The van der Waals surface area contributed by atoms with Crippen LogP contribution >= 0.6 is 12.2 Å². The van der Waals surface area contributed by atoms with Crippen molar-refractivity contribution in [3.8, 4) is 0 Å². The molecule has 3 aliphatic rings. The number of piperidine rings is 1. The fraction of sp³-hybridized carbons (Fsp3) is 0.875. The average Bonchev–Trinajstić information content (AvgIpc) is 2.66. The van der Waals surface area contributed by atoms with Crippen molar-refractivity contribution in [2.75, 3.05) is 45.9 Å². The highest BCUT2D eigenvalue weighted by Crippen LogP contribution is 2.29. The molecule has 2 heterocycles. The van der Waals surface area contributed by atoms with E-state index in [-0.39, 0.29) is 11.1 Å². The Hall–Kier alpha value is -0.690. The van der Waals surface area contributed by atoms with Crippen LogP contribution in [0.3, 0.4) is 0 Å². The number of nitrogens with zero attached hydrogens (tertiary/aromatic N) is 2. The van der Waals surface area contributed by atoms with Crippen molar-refractivity contribution in [2.45, 2.75) is 83.3 Å². The Balaban J connectivity index is 1.56. The van der Waals surface area contributed by atoms with E-state index >= 15 is 0 Å². The number of hydrogen-bond donors (Lipinski definition) is 2. The van der Waals surface area contributed by atoms with E-state index in [2.05, 4.69) is 60.3 Å². The van der Waals surface area contributed by atoms with Gasteiger partial charge in [-0.15, -0.1) is 0 Å². The number of ether oxygens (including phenoxy) is 1. The Morgan fingerprint density at radius 2 is 1.87 bits per heavy atom. The summed E-state index contributed by atoms with van der Waals surface area (Å²) in [6.45, 7) is 16.4. The van der Waals surface area contributed by atoms with Gasteiger partial charge in [0.25, 0.3) is 0 Å². The molecule has 2 N–H and O–H groups in total. The summed E-state index contributed by atoms with van der Waals surface area (Å²) in [6, 6.07) is 0.428. The summed E-state index contributed by atoms with van der Waals surface area (Å²) in [5.74, 6) is 0.721. The molecule has 6 heteroatoms. The summed E-state index contributed by atoms with van der Waals surface area (Å²) in [5, 5.41) is 8.52. The zero-order valence-corrected chi connectivity index (χ0v) is 20.5. The third kappa shape index (κ3) is 7.77. The van der Waals surface area contributed by atoms with Gasteiger partial charge in [-0.2, -0.15) is 0 Å². The summed E-state index contributed by atoms with van der Waals surface area (Å²) < 4.78 is 5.49. The lowest BCUT2D eigenvalue weighted by Gasteiger charge is -2.47. The molecule has 0 amide bonds. The summed E-state index contributed by atoms with van der Waals surface area (Å²) in [7, 11) is 0. The quantitative estimate of drug-likeness (QED) is 0.470. The van der Waals surface area contributed by atoms with Gasteiger partial charge in [-0.05, 0) is 84.4 Å². The van der Waals surface area contributed by atoms with Crippen LogP contribution in [0.1, 0.15) is 66.2 Å². The highest BCUT2D eigenvalue weighted by atomic mass is 32.1. The van der Waals surface area contributed by atoms with Crippen molar-refractivity contribution < 1.29 is 4.74 Å². The van der Waals surface area contributed by atoms with E-state index in [4.69, 9.17) is 17.0 Å². The normalized spacial score (nSPS) is 27.0. The SMILES string of the molecule is CC1(C)CC(NC(=S)N(CCCN2CCOCC2)CC2CC=CCC2)CC(C)(C)N1.